The summed E-state index contributed by atoms with van der Waals surface area (Å²) in [5.41, 5.74) is 10.0. The predicted molar refractivity (Wildman–Crippen MR) is 114 cm³/mol. The SMILES string of the molecule is COCC[C@@H]1N=C(c2ccc(Cl)cc2)c2cc(OC)ccc2N(C(C)=N)C1N. The quantitative estimate of drug-likeness (QED) is 0.592. The number of methoxy groups -OCH3 is 2. The van der Waals surface area contributed by atoms with Crippen LogP contribution in [-0.4, -0.2) is 44.6 Å². The Balaban J connectivity index is 2.24. The topological polar surface area (TPSA) is 83.9 Å². The summed E-state index contributed by atoms with van der Waals surface area (Å²) >= 11 is 6.08. The van der Waals surface area contributed by atoms with E-state index in [-0.39, 0.29) is 6.04 Å². The molecule has 0 radical (unpaired) electrons. The third-order valence-electron chi connectivity index (χ3n) is 4.80. The summed E-state index contributed by atoms with van der Waals surface area (Å²) in [6.07, 6.45) is 0.161. The second-order valence-electron chi connectivity index (χ2n) is 6.66. The lowest BCUT2D eigenvalue weighted by molar-refractivity contribution is 0.185. The van der Waals surface area contributed by atoms with Gasteiger partial charge in [0.25, 0.3) is 0 Å². The fourth-order valence-electron chi connectivity index (χ4n) is 3.40. The van der Waals surface area contributed by atoms with Crippen molar-refractivity contribution in [2.75, 3.05) is 25.7 Å². The van der Waals surface area contributed by atoms with Crippen molar-refractivity contribution in [3.8, 4) is 5.75 Å². The molecule has 2 aromatic rings. The molecule has 0 bridgehead atoms. The van der Waals surface area contributed by atoms with E-state index in [0.717, 1.165) is 22.5 Å². The number of aliphatic imine (C=N–C) groups is 1. The van der Waals surface area contributed by atoms with Gasteiger partial charge in [-0.25, -0.2) is 0 Å². The van der Waals surface area contributed by atoms with Crippen LogP contribution in [0, 0.1) is 5.41 Å². The first-order chi connectivity index (χ1) is 13.5. The zero-order chi connectivity index (χ0) is 20.3. The summed E-state index contributed by atoms with van der Waals surface area (Å²) < 4.78 is 10.7. The highest BCUT2D eigenvalue weighted by Gasteiger charge is 2.32. The molecule has 28 heavy (non-hydrogen) atoms. The lowest BCUT2D eigenvalue weighted by Crippen LogP contribution is -2.51. The van der Waals surface area contributed by atoms with Gasteiger partial charge < -0.3 is 20.1 Å². The standard InChI is InChI=1S/C21H25ClN4O2/c1-13(23)26-19-9-8-16(28-3)12-17(19)20(14-4-6-15(22)7-5-14)25-18(21(26)24)10-11-27-2/h4-9,12,18,21,23H,10-11,24H2,1-3H3/t18-,21?/m0/s1. The second-order valence-corrected chi connectivity index (χ2v) is 7.10. The zero-order valence-electron chi connectivity index (χ0n) is 16.3. The number of benzodiazepines with no additional fused rings is 1. The smallest absolute Gasteiger partial charge is 0.119 e. The zero-order valence-corrected chi connectivity index (χ0v) is 17.0. The van der Waals surface area contributed by atoms with E-state index in [1.807, 2.05) is 47.4 Å². The van der Waals surface area contributed by atoms with Gasteiger partial charge in [0, 0.05) is 29.9 Å². The fraction of sp³-hybridized carbons (Fsp3) is 0.333. The molecule has 1 unspecified atom stereocenters. The number of hydrogen-bond donors (Lipinski definition) is 2. The predicted octanol–water partition coefficient (Wildman–Crippen LogP) is 3.69. The minimum Gasteiger partial charge on any atom is -0.497 e. The molecule has 3 N–H and O–H groups in total. The number of amidine groups is 1. The Labute approximate surface area is 170 Å². The van der Waals surface area contributed by atoms with Gasteiger partial charge in [0.1, 0.15) is 11.9 Å². The molecule has 3 rings (SSSR count). The molecule has 2 aromatic carbocycles. The number of hydrogen-bond acceptors (Lipinski definition) is 5. The van der Waals surface area contributed by atoms with Crippen molar-refractivity contribution in [3.63, 3.8) is 0 Å². The van der Waals surface area contributed by atoms with Crippen LogP contribution in [0.25, 0.3) is 0 Å². The van der Waals surface area contributed by atoms with E-state index in [4.69, 9.17) is 37.2 Å². The molecular weight excluding hydrogens is 376 g/mol. The monoisotopic (exact) mass is 400 g/mol. The van der Waals surface area contributed by atoms with E-state index in [2.05, 4.69) is 0 Å². The maximum absolute atomic E-state index is 8.33. The molecule has 0 aromatic heterocycles. The minimum absolute atomic E-state index is 0.246. The second kappa shape index (κ2) is 8.73. The number of anilines is 1. The van der Waals surface area contributed by atoms with Crippen LogP contribution in [0.4, 0.5) is 5.69 Å². The van der Waals surface area contributed by atoms with Gasteiger partial charge in [-0.2, -0.15) is 0 Å². The van der Waals surface area contributed by atoms with Crippen molar-refractivity contribution < 1.29 is 9.47 Å². The van der Waals surface area contributed by atoms with E-state index in [1.165, 1.54) is 0 Å². The summed E-state index contributed by atoms with van der Waals surface area (Å²) in [5.74, 6) is 1.07. The van der Waals surface area contributed by atoms with Gasteiger partial charge in [0.05, 0.1) is 30.4 Å². The summed E-state index contributed by atoms with van der Waals surface area (Å²) in [6, 6.07) is 13.1. The molecule has 6 nitrogen and oxygen atoms in total. The van der Waals surface area contributed by atoms with Crippen molar-refractivity contribution in [1.29, 1.82) is 5.41 Å². The van der Waals surface area contributed by atoms with Crippen molar-refractivity contribution in [3.05, 3.63) is 58.6 Å². The van der Waals surface area contributed by atoms with Crippen molar-refractivity contribution in [1.82, 2.24) is 0 Å². The third-order valence-corrected chi connectivity index (χ3v) is 5.05. The number of fused-ring (bicyclic) bond motifs is 1. The average Bonchev–Trinajstić information content (AvgIpc) is 2.80. The summed E-state index contributed by atoms with van der Waals surface area (Å²) in [7, 11) is 3.29. The maximum atomic E-state index is 8.33. The maximum Gasteiger partial charge on any atom is 0.119 e. The van der Waals surface area contributed by atoms with E-state index in [1.54, 1.807) is 21.1 Å². The molecule has 0 spiro atoms. The van der Waals surface area contributed by atoms with Crippen LogP contribution >= 0.6 is 11.6 Å². The molecule has 148 valence electrons. The van der Waals surface area contributed by atoms with Crippen LogP contribution in [-0.2, 0) is 4.74 Å². The van der Waals surface area contributed by atoms with Gasteiger partial charge in [0.2, 0.25) is 0 Å². The number of halogens is 1. The molecule has 2 atom stereocenters. The van der Waals surface area contributed by atoms with Crippen LogP contribution in [0.5, 0.6) is 5.75 Å². The largest absolute Gasteiger partial charge is 0.497 e. The number of benzene rings is 2. The molecule has 1 aliphatic rings. The molecule has 0 saturated heterocycles. The minimum atomic E-state index is -0.482. The Morgan fingerprint density at radius 1 is 1.21 bits per heavy atom. The van der Waals surface area contributed by atoms with Crippen molar-refractivity contribution in [2.24, 2.45) is 10.7 Å². The van der Waals surface area contributed by atoms with E-state index >= 15 is 0 Å². The van der Waals surface area contributed by atoms with Gasteiger partial charge in [-0.1, -0.05) is 23.7 Å². The Morgan fingerprint density at radius 2 is 1.93 bits per heavy atom. The number of rotatable bonds is 5. The third kappa shape index (κ3) is 4.04. The number of nitrogens with two attached hydrogens (primary N) is 1. The number of ether oxygens (including phenoxy) is 2. The average molecular weight is 401 g/mol. The van der Waals surface area contributed by atoms with E-state index < -0.39 is 6.17 Å². The van der Waals surface area contributed by atoms with Crippen molar-refractivity contribution >= 4 is 28.8 Å². The molecule has 1 heterocycles. The van der Waals surface area contributed by atoms with Gasteiger partial charge in [-0.3, -0.25) is 10.4 Å². The number of nitrogens with zero attached hydrogens (tertiary/aromatic N) is 2. The van der Waals surface area contributed by atoms with Crippen LogP contribution in [0.1, 0.15) is 24.5 Å². The highest BCUT2D eigenvalue weighted by Crippen LogP contribution is 2.33. The van der Waals surface area contributed by atoms with E-state index in [9.17, 15) is 0 Å². The molecule has 0 fully saturated rings. The van der Waals surface area contributed by atoms with Crippen LogP contribution < -0.4 is 15.4 Å². The summed E-state index contributed by atoms with van der Waals surface area (Å²) in [5, 5.41) is 8.99. The summed E-state index contributed by atoms with van der Waals surface area (Å²) in [4.78, 5) is 6.84. The molecule has 0 aliphatic carbocycles. The molecule has 7 heteroatoms. The van der Waals surface area contributed by atoms with Gasteiger partial charge in [-0.05, 0) is 43.7 Å². The normalized spacial score (nSPS) is 18.9. The first-order valence-electron chi connectivity index (χ1n) is 9.07. The fourth-order valence-corrected chi connectivity index (χ4v) is 3.53. The van der Waals surface area contributed by atoms with Gasteiger partial charge >= 0.3 is 0 Å². The van der Waals surface area contributed by atoms with Crippen molar-refractivity contribution in [2.45, 2.75) is 25.6 Å². The Morgan fingerprint density at radius 3 is 2.54 bits per heavy atom. The molecule has 0 saturated carbocycles. The highest BCUT2D eigenvalue weighted by atomic mass is 35.5. The lowest BCUT2D eigenvalue weighted by atomic mass is 9.99. The Kier molecular flexibility index (Phi) is 6.34. The Hall–Kier alpha value is -2.41. The number of nitrogens with one attached hydrogen (secondary N) is 1. The summed E-state index contributed by atoms with van der Waals surface area (Å²) in [6.45, 7) is 2.26. The molecule has 1 aliphatic heterocycles. The van der Waals surface area contributed by atoms with Crippen LogP contribution in [0.15, 0.2) is 47.5 Å². The van der Waals surface area contributed by atoms with Crippen LogP contribution in [0.3, 0.4) is 0 Å². The molecule has 0 amide bonds. The first-order valence-corrected chi connectivity index (χ1v) is 9.45. The highest BCUT2D eigenvalue weighted by molar-refractivity contribution is 6.30. The lowest BCUT2D eigenvalue weighted by Gasteiger charge is -2.32. The van der Waals surface area contributed by atoms with E-state index in [0.29, 0.717) is 29.6 Å². The van der Waals surface area contributed by atoms with Gasteiger partial charge in [0.15, 0.2) is 0 Å². The molecular formula is C21H25ClN4O2. The van der Waals surface area contributed by atoms with Crippen LogP contribution in [0.2, 0.25) is 5.02 Å². The first kappa shape index (κ1) is 20.3. The van der Waals surface area contributed by atoms with Gasteiger partial charge in [-0.15, -0.1) is 0 Å². The Bertz CT molecular complexity index is 882.